The normalized spacial score (nSPS) is 33.4. The number of hydrogen-bond acceptors (Lipinski definition) is 0. The Morgan fingerprint density at radius 1 is 0.929 bits per heavy atom. The molecule has 0 aromatic heterocycles. The van der Waals surface area contributed by atoms with Crippen LogP contribution >= 0.6 is 0 Å². The summed E-state index contributed by atoms with van der Waals surface area (Å²) in [6.45, 7) is 4.90. The van der Waals surface area contributed by atoms with Crippen molar-refractivity contribution in [2.75, 3.05) is 0 Å². The lowest BCUT2D eigenvalue weighted by atomic mass is 9.81. The fourth-order valence-electron chi connectivity index (χ4n) is 3.68. The summed E-state index contributed by atoms with van der Waals surface area (Å²) in [5, 5.41) is 0. The Bertz CT molecular complexity index is 174. The molecule has 0 aromatic carbocycles. The standard InChI is InChI=1S/C14H26/c1-14(2)9-8-13(11-14)10-12-6-4-3-5-7-12/h12-13H,3-11H2,1-2H3. The fourth-order valence-corrected chi connectivity index (χ4v) is 3.68. The second-order valence-corrected chi connectivity index (χ2v) is 6.51. The van der Waals surface area contributed by atoms with Gasteiger partial charge in [0.25, 0.3) is 0 Å². The van der Waals surface area contributed by atoms with Crippen LogP contribution in [0.5, 0.6) is 0 Å². The minimum Gasteiger partial charge on any atom is -0.0599 e. The average molecular weight is 194 g/mol. The molecular formula is C14H26. The lowest BCUT2D eigenvalue weighted by Crippen LogP contribution is -2.12. The molecule has 0 bridgehead atoms. The van der Waals surface area contributed by atoms with E-state index >= 15 is 0 Å². The van der Waals surface area contributed by atoms with Gasteiger partial charge in [-0.05, 0) is 42.9 Å². The van der Waals surface area contributed by atoms with Gasteiger partial charge in [-0.3, -0.25) is 0 Å². The summed E-state index contributed by atoms with van der Waals surface area (Å²) in [5.74, 6) is 2.18. The molecule has 0 saturated heterocycles. The van der Waals surface area contributed by atoms with E-state index in [2.05, 4.69) is 13.8 Å². The third-order valence-corrected chi connectivity index (χ3v) is 4.46. The van der Waals surface area contributed by atoms with Crippen LogP contribution in [-0.4, -0.2) is 0 Å². The summed E-state index contributed by atoms with van der Waals surface area (Å²) >= 11 is 0. The molecule has 0 heterocycles. The molecule has 2 aliphatic rings. The quantitative estimate of drug-likeness (QED) is 0.593. The van der Waals surface area contributed by atoms with Gasteiger partial charge in [0.15, 0.2) is 0 Å². The van der Waals surface area contributed by atoms with Crippen molar-refractivity contribution in [1.29, 1.82) is 0 Å². The van der Waals surface area contributed by atoms with Gasteiger partial charge in [-0.25, -0.2) is 0 Å². The lowest BCUT2D eigenvalue weighted by Gasteiger charge is -2.25. The van der Waals surface area contributed by atoms with Gasteiger partial charge in [-0.15, -0.1) is 0 Å². The van der Waals surface area contributed by atoms with Crippen LogP contribution in [0.1, 0.15) is 71.6 Å². The van der Waals surface area contributed by atoms with Crippen molar-refractivity contribution in [3.8, 4) is 0 Å². The third-order valence-electron chi connectivity index (χ3n) is 4.46. The molecule has 2 saturated carbocycles. The Balaban J connectivity index is 1.75. The van der Waals surface area contributed by atoms with Crippen LogP contribution in [0, 0.1) is 17.3 Å². The molecule has 0 spiro atoms. The van der Waals surface area contributed by atoms with Gasteiger partial charge < -0.3 is 0 Å². The second kappa shape index (κ2) is 4.24. The largest absolute Gasteiger partial charge is 0.0599 e. The summed E-state index contributed by atoms with van der Waals surface area (Å²) < 4.78 is 0. The minimum atomic E-state index is 0.666. The summed E-state index contributed by atoms with van der Waals surface area (Å²) in [4.78, 5) is 0. The predicted octanol–water partition coefficient (Wildman–Crippen LogP) is 4.78. The van der Waals surface area contributed by atoms with Gasteiger partial charge >= 0.3 is 0 Å². The van der Waals surface area contributed by atoms with E-state index in [1.807, 2.05) is 0 Å². The van der Waals surface area contributed by atoms with Gasteiger partial charge in [-0.2, -0.15) is 0 Å². The lowest BCUT2D eigenvalue weighted by molar-refractivity contribution is 0.273. The molecule has 2 fully saturated rings. The Hall–Kier alpha value is 0. The zero-order valence-electron chi connectivity index (χ0n) is 10.0. The molecule has 0 aromatic rings. The highest BCUT2D eigenvalue weighted by atomic mass is 14.4. The minimum absolute atomic E-state index is 0.666. The molecular weight excluding hydrogens is 168 g/mol. The van der Waals surface area contributed by atoms with E-state index in [4.69, 9.17) is 0 Å². The van der Waals surface area contributed by atoms with Crippen LogP contribution in [0.3, 0.4) is 0 Å². The molecule has 2 aliphatic carbocycles. The van der Waals surface area contributed by atoms with Crippen molar-refractivity contribution >= 4 is 0 Å². The highest BCUT2D eigenvalue weighted by Gasteiger charge is 2.32. The topological polar surface area (TPSA) is 0 Å². The fraction of sp³-hybridized carbons (Fsp3) is 1.00. The maximum absolute atomic E-state index is 2.45. The molecule has 0 radical (unpaired) electrons. The van der Waals surface area contributed by atoms with Crippen LogP contribution in [0.4, 0.5) is 0 Å². The van der Waals surface area contributed by atoms with Crippen molar-refractivity contribution in [3.05, 3.63) is 0 Å². The molecule has 1 atom stereocenters. The maximum atomic E-state index is 2.45. The van der Waals surface area contributed by atoms with Crippen LogP contribution in [0.15, 0.2) is 0 Å². The van der Waals surface area contributed by atoms with E-state index in [1.54, 1.807) is 6.42 Å². The Kier molecular flexibility index (Phi) is 3.19. The Morgan fingerprint density at radius 2 is 1.64 bits per heavy atom. The van der Waals surface area contributed by atoms with E-state index in [1.165, 1.54) is 51.4 Å². The number of hydrogen-bond donors (Lipinski definition) is 0. The molecule has 0 heteroatoms. The van der Waals surface area contributed by atoms with Crippen LogP contribution in [0.2, 0.25) is 0 Å². The average Bonchev–Trinajstić information content (AvgIpc) is 2.47. The first-order valence-electron chi connectivity index (χ1n) is 6.66. The van der Waals surface area contributed by atoms with Crippen molar-refractivity contribution in [2.24, 2.45) is 17.3 Å². The molecule has 1 unspecified atom stereocenters. The van der Waals surface area contributed by atoms with E-state index in [9.17, 15) is 0 Å². The van der Waals surface area contributed by atoms with E-state index in [0.717, 1.165) is 11.8 Å². The van der Waals surface area contributed by atoms with Gasteiger partial charge in [0.1, 0.15) is 0 Å². The maximum Gasteiger partial charge on any atom is -0.0351 e. The Morgan fingerprint density at radius 3 is 2.21 bits per heavy atom. The van der Waals surface area contributed by atoms with Crippen LogP contribution in [0.25, 0.3) is 0 Å². The monoisotopic (exact) mass is 194 g/mol. The smallest absolute Gasteiger partial charge is 0.0351 e. The van der Waals surface area contributed by atoms with Crippen molar-refractivity contribution < 1.29 is 0 Å². The predicted molar refractivity (Wildman–Crippen MR) is 62.3 cm³/mol. The highest BCUT2D eigenvalue weighted by molar-refractivity contribution is 4.83. The zero-order chi connectivity index (χ0) is 10.0. The van der Waals surface area contributed by atoms with Gasteiger partial charge in [-0.1, -0.05) is 46.0 Å². The molecule has 0 N–H and O–H groups in total. The van der Waals surface area contributed by atoms with Gasteiger partial charge in [0, 0.05) is 0 Å². The molecule has 0 aliphatic heterocycles. The van der Waals surface area contributed by atoms with Crippen molar-refractivity contribution in [2.45, 2.75) is 71.6 Å². The van der Waals surface area contributed by atoms with Crippen molar-refractivity contribution in [3.63, 3.8) is 0 Å². The first-order chi connectivity index (χ1) is 6.66. The van der Waals surface area contributed by atoms with E-state index < -0.39 is 0 Å². The summed E-state index contributed by atoms with van der Waals surface area (Å²) in [6, 6.07) is 0. The summed E-state index contributed by atoms with van der Waals surface area (Å²) in [7, 11) is 0. The second-order valence-electron chi connectivity index (χ2n) is 6.51. The first-order valence-corrected chi connectivity index (χ1v) is 6.66. The van der Waals surface area contributed by atoms with E-state index in [0.29, 0.717) is 5.41 Å². The summed E-state index contributed by atoms with van der Waals surface area (Å²) in [6.07, 6.45) is 13.7. The van der Waals surface area contributed by atoms with Gasteiger partial charge in [0.05, 0.1) is 0 Å². The van der Waals surface area contributed by atoms with Crippen molar-refractivity contribution in [1.82, 2.24) is 0 Å². The molecule has 0 nitrogen and oxygen atoms in total. The summed E-state index contributed by atoms with van der Waals surface area (Å²) in [5.41, 5.74) is 0.666. The number of rotatable bonds is 2. The first kappa shape index (κ1) is 10.5. The molecule has 2 rings (SSSR count). The van der Waals surface area contributed by atoms with Crippen LogP contribution < -0.4 is 0 Å². The zero-order valence-corrected chi connectivity index (χ0v) is 10.0. The Labute approximate surface area is 89.5 Å². The van der Waals surface area contributed by atoms with Gasteiger partial charge in [0.2, 0.25) is 0 Å². The third kappa shape index (κ3) is 2.74. The molecule has 82 valence electrons. The SMILES string of the molecule is CC1(C)CCC(CC2CCCCC2)C1. The molecule has 0 amide bonds. The highest BCUT2D eigenvalue weighted by Crippen LogP contribution is 2.44. The molecule has 14 heavy (non-hydrogen) atoms. The van der Waals surface area contributed by atoms with Crippen LogP contribution in [-0.2, 0) is 0 Å². The van der Waals surface area contributed by atoms with E-state index in [-0.39, 0.29) is 0 Å².